The zero-order chi connectivity index (χ0) is 27.5. The highest BCUT2D eigenvalue weighted by Crippen LogP contribution is 2.47. The van der Waals surface area contributed by atoms with Crippen LogP contribution in [0.25, 0.3) is 0 Å². The summed E-state index contributed by atoms with van der Waals surface area (Å²) in [6.45, 7) is 3.98. The molecule has 3 rings (SSSR count). The van der Waals surface area contributed by atoms with E-state index in [9.17, 15) is 24.6 Å². The van der Waals surface area contributed by atoms with Gasteiger partial charge in [0.25, 0.3) is 5.56 Å². The number of aliphatic hydroxyl groups is 2. The van der Waals surface area contributed by atoms with E-state index in [4.69, 9.17) is 30.3 Å². The predicted molar refractivity (Wildman–Crippen MR) is 138 cm³/mol. The van der Waals surface area contributed by atoms with E-state index < -0.39 is 53.9 Å². The van der Waals surface area contributed by atoms with Crippen LogP contribution in [0.1, 0.15) is 39.5 Å². The molecule has 0 bridgehead atoms. The topological polar surface area (TPSA) is 161 Å². The van der Waals surface area contributed by atoms with Crippen molar-refractivity contribution in [2.24, 2.45) is 0 Å². The Morgan fingerprint density at radius 3 is 2.57 bits per heavy atom. The van der Waals surface area contributed by atoms with Crippen LogP contribution in [0.5, 0.6) is 5.75 Å². The van der Waals surface area contributed by atoms with Crippen molar-refractivity contribution in [3.63, 3.8) is 0 Å². The number of H-pyrrole nitrogens is 1. The smallest absolute Gasteiger partial charge is 0.330 e. The van der Waals surface area contributed by atoms with Crippen LogP contribution in [-0.4, -0.2) is 62.3 Å². The van der Waals surface area contributed by atoms with Gasteiger partial charge in [-0.1, -0.05) is 18.2 Å². The molecule has 0 spiro atoms. The third-order valence-electron chi connectivity index (χ3n) is 5.59. The van der Waals surface area contributed by atoms with Crippen molar-refractivity contribution in [1.82, 2.24) is 14.6 Å². The third-order valence-corrected chi connectivity index (χ3v) is 8.09. The number of hydrogen-bond donors (Lipinski definition) is 4. The number of aryl methyl sites for hydroxylation is 1. The number of esters is 1. The molecule has 12 nitrogen and oxygen atoms in total. The number of carbonyl (C=O) groups excluding carboxylic acids is 1. The van der Waals surface area contributed by atoms with Crippen LogP contribution >= 0.6 is 6.64 Å². The summed E-state index contributed by atoms with van der Waals surface area (Å²) in [5.41, 5.74) is -3.10. The molecule has 14 heteroatoms. The van der Waals surface area contributed by atoms with Crippen LogP contribution in [0, 0.1) is 6.92 Å². The fraction of sp³-hybridized carbons (Fsp3) is 0.522. The Hall–Kier alpha value is -2.38. The van der Waals surface area contributed by atoms with Crippen LogP contribution in [0.15, 0.2) is 46.1 Å². The maximum Gasteiger partial charge on any atom is 0.330 e. The van der Waals surface area contributed by atoms with E-state index >= 15 is 0 Å². The Bertz CT molecular complexity index is 1260. The van der Waals surface area contributed by atoms with Crippen molar-refractivity contribution >= 4 is 24.4 Å². The number of aliphatic hydroxyl groups excluding tert-OH is 1. The van der Waals surface area contributed by atoms with E-state index in [0.717, 1.165) is 4.57 Å². The summed E-state index contributed by atoms with van der Waals surface area (Å²) >= 11 is 5.65. The van der Waals surface area contributed by atoms with Gasteiger partial charge in [-0.3, -0.25) is 19.1 Å². The van der Waals surface area contributed by atoms with Gasteiger partial charge in [-0.2, -0.15) is 0 Å². The molecule has 4 N–H and O–H groups in total. The standard InChI is InChI=1S/C23H32N3O9PS/c1-13(2)33-20(29)15(4)25-36(37,35-16-9-7-6-8-10-16)32-12-17-18(27)23(5,31)21(34-17)26-11-14(3)19(28)24-22(26)30/h6-11,13,15,17-18,21,27,31H,12H2,1-5H3,(H,25,37)(H,24,28,30)/t15-,17+,18+,21+,23+,36?/m0/s1. The minimum absolute atomic E-state index is 0.214. The average molecular weight is 558 g/mol. The first-order chi connectivity index (χ1) is 17.2. The van der Waals surface area contributed by atoms with Crippen LogP contribution in [0.2, 0.25) is 0 Å². The lowest BCUT2D eigenvalue weighted by atomic mass is 9.96. The molecular formula is C23H32N3O9PS. The molecular weight excluding hydrogens is 525 g/mol. The van der Waals surface area contributed by atoms with Crippen molar-refractivity contribution in [2.45, 2.75) is 70.8 Å². The highest BCUT2D eigenvalue weighted by Gasteiger charge is 2.54. The van der Waals surface area contributed by atoms with E-state index in [0.29, 0.717) is 5.75 Å². The lowest BCUT2D eigenvalue weighted by molar-refractivity contribution is -0.149. The molecule has 1 saturated heterocycles. The molecule has 1 unspecified atom stereocenters. The zero-order valence-corrected chi connectivity index (χ0v) is 22.8. The van der Waals surface area contributed by atoms with Crippen molar-refractivity contribution in [3.8, 4) is 5.75 Å². The molecule has 0 aliphatic carbocycles. The fourth-order valence-corrected chi connectivity index (χ4v) is 6.06. The van der Waals surface area contributed by atoms with Crippen molar-refractivity contribution in [3.05, 3.63) is 62.9 Å². The van der Waals surface area contributed by atoms with Crippen molar-refractivity contribution in [2.75, 3.05) is 6.61 Å². The first-order valence-corrected chi connectivity index (χ1v) is 14.2. The van der Waals surface area contributed by atoms with Gasteiger partial charge in [-0.15, -0.1) is 0 Å². The molecule has 0 amide bonds. The van der Waals surface area contributed by atoms with Crippen molar-refractivity contribution in [1.29, 1.82) is 0 Å². The number of nitrogens with one attached hydrogen (secondary N) is 2. The molecule has 2 heterocycles. The Balaban J connectivity index is 1.82. The van der Waals surface area contributed by atoms with E-state index in [1.165, 1.54) is 20.0 Å². The lowest BCUT2D eigenvalue weighted by Crippen LogP contribution is -2.47. The quantitative estimate of drug-likeness (QED) is 0.245. The molecule has 6 atom stereocenters. The first kappa shape index (κ1) is 29.2. The second kappa shape index (κ2) is 11.6. The molecule has 0 radical (unpaired) electrons. The summed E-state index contributed by atoms with van der Waals surface area (Å²) in [6.07, 6.45) is -3.07. The summed E-state index contributed by atoms with van der Waals surface area (Å²) in [7, 11) is 0. The number of nitrogens with zero attached hydrogens (tertiary/aromatic N) is 1. The van der Waals surface area contributed by atoms with Crippen molar-refractivity contribution < 1.29 is 33.5 Å². The van der Waals surface area contributed by atoms with Gasteiger partial charge < -0.3 is 28.7 Å². The number of para-hydroxylation sites is 1. The van der Waals surface area contributed by atoms with Gasteiger partial charge in [-0.25, -0.2) is 9.88 Å². The number of benzene rings is 1. The van der Waals surface area contributed by atoms with Crippen LogP contribution < -0.4 is 20.9 Å². The summed E-state index contributed by atoms with van der Waals surface area (Å²) in [6, 6.07) is 7.71. The summed E-state index contributed by atoms with van der Waals surface area (Å²) < 4.78 is 23.9. The summed E-state index contributed by atoms with van der Waals surface area (Å²) in [5.74, 6) is -0.173. The number of carbonyl (C=O) groups is 1. The maximum atomic E-state index is 12.4. The minimum atomic E-state index is -3.44. The monoisotopic (exact) mass is 557 g/mol. The average Bonchev–Trinajstić information content (AvgIpc) is 3.03. The highest BCUT2D eigenvalue weighted by atomic mass is 32.5. The summed E-state index contributed by atoms with van der Waals surface area (Å²) in [5, 5.41) is 24.7. The van der Waals surface area contributed by atoms with E-state index in [1.807, 2.05) is 0 Å². The van der Waals surface area contributed by atoms with E-state index in [-0.39, 0.29) is 18.3 Å². The van der Waals surface area contributed by atoms with Crippen LogP contribution in [-0.2, 0) is 30.6 Å². The molecule has 1 aromatic carbocycles. The van der Waals surface area contributed by atoms with Crippen LogP contribution in [0.3, 0.4) is 0 Å². The van der Waals surface area contributed by atoms with E-state index in [1.54, 1.807) is 51.1 Å². The first-order valence-electron chi connectivity index (χ1n) is 11.6. The predicted octanol–water partition coefficient (Wildman–Crippen LogP) is 1.10. The van der Waals surface area contributed by atoms with Gasteiger partial charge >= 0.3 is 18.3 Å². The molecule has 0 saturated carbocycles. The number of hydrogen-bond acceptors (Lipinski definition) is 10. The van der Waals surface area contributed by atoms with Gasteiger partial charge in [0.1, 0.15) is 29.6 Å². The normalized spacial score (nSPS) is 26.0. The zero-order valence-electron chi connectivity index (χ0n) is 21.1. The fourth-order valence-electron chi connectivity index (χ4n) is 3.64. The lowest BCUT2D eigenvalue weighted by Gasteiger charge is -2.28. The highest BCUT2D eigenvalue weighted by molar-refractivity contribution is 8.09. The van der Waals surface area contributed by atoms with Crippen LogP contribution in [0.4, 0.5) is 0 Å². The number of ether oxygens (including phenoxy) is 2. The van der Waals surface area contributed by atoms with Gasteiger partial charge in [0.2, 0.25) is 0 Å². The Morgan fingerprint density at radius 1 is 1.30 bits per heavy atom. The molecule has 37 heavy (non-hydrogen) atoms. The largest absolute Gasteiger partial charge is 0.462 e. The second-order valence-electron chi connectivity index (χ2n) is 9.21. The number of rotatable bonds is 10. The minimum Gasteiger partial charge on any atom is -0.462 e. The Morgan fingerprint density at radius 2 is 1.95 bits per heavy atom. The summed E-state index contributed by atoms with van der Waals surface area (Å²) in [4.78, 5) is 38.7. The molecule has 1 aliphatic heterocycles. The Labute approximate surface area is 218 Å². The molecule has 1 aromatic heterocycles. The second-order valence-corrected chi connectivity index (χ2v) is 12.3. The Kier molecular flexibility index (Phi) is 9.12. The molecule has 1 fully saturated rings. The van der Waals surface area contributed by atoms with Gasteiger partial charge in [-0.05, 0) is 58.6 Å². The van der Waals surface area contributed by atoms with Gasteiger partial charge in [0, 0.05) is 11.8 Å². The molecule has 2 aromatic rings. The maximum absolute atomic E-state index is 12.4. The number of aromatic amines is 1. The molecule has 1 aliphatic rings. The molecule has 204 valence electrons. The van der Waals surface area contributed by atoms with Gasteiger partial charge in [0.05, 0.1) is 12.7 Å². The number of aromatic nitrogens is 2. The SMILES string of the molecule is Cc1cn([C@@H]2O[C@H](COP(=S)(N[C@@H](C)C(=O)OC(C)C)Oc3ccccc3)[C@@H](O)[C@@]2(C)O)c(=O)[nH]c1=O. The van der Waals surface area contributed by atoms with E-state index in [2.05, 4.69) is 10.1 Å². The van der Waals surface area contributed by atoms with Gasteiger partial charge in [0.15, 0.2) is 6.23 Å². The third kappa shape index (κ3) is 6.94.